The predicted molar refractivity (Wildman–Crippen MR) is 65.4 cm³/mol. The van der Waals surface area contributed by atoms with Gasteiger partial charge < -0.3 is 0 Å². The first-order valence-electron chi connectivity index (χ1n) is 3.96. The number of rotatable bonds is 5. The Morgan fingerprint density at radius 2 is 1.90 bits per heavy atom. The fourth-order valence-corrected chi connectivity index (χ4v) is 4.57. The lowest BCUT2D eigenvalue weighted by atomic mass is 10.0. The van der Waals surface area contributed by atoms with Gasteiger partial charge in [0.1, 0.15) is 0 Å². The monoisotopic (exact) mass is 366 g/mol. The zero-order valence-electron chi connectivity index (χ0n) is 6.74. The molecule has 0 aliphatic heterocycles. The molecule has 0 amide bonds. The lowest BCUT2D eigenvalue weighted by Crippen LogP contribution is -2.14. The van der Waals surface area contributed by atoms with Gasteiger partial charge in [0.15, 0.2) is 0 Å². The minimum atomic E-state index is 0.907. The second kappa shape index (κ2) is 7.13. The van der Waals surface area contributed by atoms with Gasteiger partial charge in [0.25, 0.3) is 0 Å². The molecule has 0 saturated heterocycles. The van der Waals surface area contributed by atoms with E-state index in [-0.39, 0.29) is 0 Å². The molecule has 62 valence electrons. The molecule has 0 spiro atoms. The van der Waals surface area contributed by atoms with Crippen LogP contribution in [0.3, 0.4) is 0 Å². The third-order valence-corrected chi connectivity index (χ3v) is 4.57. The summed E-state index contributed by atoms with van der Waals surface area (Å²) in [6, 6.07) is 0. The first-order chi connectivity index (χ1) is 4.76. The van der Waals surface area contributed by atoms with E-state index >= 15 is 0 Å². The third kappa shape index (κ3) is 4.36. The minimum absolute atomic E-state index is 0.907. The highest BCUT2D eigenvalue weighted by Gasteiger charge is 2.13. The summed E-state index contributed by atoms with van der Waals surface area (Å²) in [6.45, 7) is 4.57. The largest absolute Gasteiger partial charge is 0.0860 e. The van der Waals surface area contributed by atoms with Gasteiger partial charge in [-0.05, 0) is 12.3 Å². The second-order valence-corrected chi connectivity index (χ2v) is 5.11. The van der Waals surface area contributed by atoms with Crippen molar-refractivity contribution in [2.75, 3.05) is 4.43 Å². The highest BCUT2D eigenvalue weighted by molar-refractivity contribution is 14.1. The summed E-state index contributed by atoms with van der Waals surface area (Å²) in [5.74, 6) is 0.946. The Bertz CT molecular complexity index is 69.7. The summed E-state index contributed by atoms with van der Waals surface area (Å²) >= 11 is 5.10. The summed E-state index contributed by atoms with van der Waals surface area (Å²) in [5, 5.41) is 0. The van der Waals surface area contributed by atoms with Crippen molar-refractivity contribution in [1.82, 2.24) is 0 Å². The minimum Gasteiger partial charge on any atom is -0.0860 e. The van der Waals surface area contributed by atoms with Gasteiger partial charge in [0.2, 0.25) is 0 Å². The average molecular weight is 366 g/mol. The van der Waals surface area contributed by atoms with Gasteiger partial charge in [-0.3, -0.25) is 0 Å². The SMILES string of the molecule is CCCC(I)C(CC)CI. The molecule has 0 saturated carbocycles. The molecule has 0 aliphatic carbocycles. The Labute approximate surface area is 91.8 Å². The zero-order valence-corrected chi connectivity index (χ0v) is 11.1. The van der Waals surface area contributed by atoms with E-state index in [0.717, 1.165) is 9.84 Å². The van der Waals surface area contributed by atoms with Crippen LogP contribution in [0.5, 0.6) is 0 Å². The Kier molecular flexibility index (Phi) is 8.17. The van der Waals surface area contributed by atoms with Gasteiger partial charge in [-0.15, -0.1) is 0 Å². The standard InChI is InChI=1S/C8H16I2/c1-3-5-8(10)7(4-2)6-9/h7-8H,3-6H2,1-2H3. The molecular formula is C8H16I2. The molecule has 0 rings (SSSR count). The van der Waals surface area contributed by atoms with Gasteiger partial charge >= 0.3 is 0 Å². The van der Waals surface area contributed by atoms with Gasteiger partial charge in [0.05, 0.1) is 0 Å². The van der Waals surface area contributed by atoms with Crippen LogP contribution in [0.25, 0.3) is 0 Å². The van der Waals surface area contributed by atoms with Crippen LogP contribution in [0.1, 0.15) is 33.1 Å². The topological polar surface area (TPSA) is 0 Å². The number of hydrogen-bond donors (Lipinski definition) is 0. The lowest BCUT2D eigenvalue weighted by molar-refractivity contribution is 0.537. The quantitative estimate of drug-likeness (QED) is 0.509. The molecule has 0 N–H and O–H groups in total. The van der Waals surface area contributed by atoms with E-state index in [1.165, 1.54) is 23.7 Å². The molecule has 2 heteroatoms. The molecule has 0 aromatic heterocycles. The van der Waals surface area contributed by atoms with E-state index in [2.05, 4.69) is 59.0 Å². The van der Waals surface area contributed by atoms with Gasteiger partial charge in [-0.1, -0.05) is 71.9 Å². The molecule has 0 radical (unpaired) electrons. The van der Waals surface area contributed by atoms with Crippen molar-refractivity contribution in [3.05, 3.63) is 0 Å². The smallest absolute Gasteiger partial charge is 0.0145 e. The summed E-state index contributed by atoms with van der Waals surface area (Å²) in [6.07, 6.45) is 4.07. The summed E-state index contributed by atoms with van der Waals surface area (Å²) in [7, 11) is 0. The predicted octanol–water partition coefficient (Wildman–Crippen LogP) is 4.05. The van der Waals surface area contributed by atoms with Crippen LogP contribution in [0.2, 0.25) is 0 Å². The van der Waals surface area contributed by atoms with E-state index in [0.29, 0.717) is 0 Å². The Morgan fingerprint density at radius 3 is 2.20 bits per heavy atom. The highest BCUT2D eigenvalue weighted by atomic mass is 127. The van der Waals surface area contributed by atoms with E-state index < -0.39 is 0 Å². The van der Waals surface area contributed by atoms with Crippen molar-refractivity contribution in [1.29, 1.82) is 0 Å². The van der Waals surface area contributed by atoms with Gasteiger partial charge in [-0.25, -0.2) is 0 Å². The molecule has 2 unspecified atom stereocenters. The molecule has 10 heavy (non-hydrogen) atoms. The Hall–Kier alpha value is 1.46. The molecule has 0 nitrogen and oxygen atoms in total. The molecule has 0 bridgehead atoms. The maximum Gasteiger partial charge on any atom is 0.0145 e. The van der Waals surface area contributed by atoms with Crippen LogP contribution in [0, 0.1) is 5.92 Å². The maximum atomic E-state index is 2.60. The number of alkyl halides is 2. The van der Waals surface area contributed by atoms with Gasteiger partial charge in [-0.2, -0.15) is 0 Å². The lowest BCUT2D eigenvalue weighted by Gasteiger charge is -2.17. The van der Waals surface area contributed by atoms with E-state index in [1.54, 1.807) is 0 Å². The second-order valence-electron chi connectivity index (χ2n) is 2.63. The molecular weight excluding hydrogens is 350 g/mol. The normalized spacial score (nSPS) is 16.8. The molecule has 2 atom stereocenters. The number of halogens is 2. The highest BCUT2D eigenvalue weighted by Crippen LogP contribution is 2.23. The molecule has 0 aromatic carbocycles. The number of hydrogen-bond acceptors (Lipinski definition) is 0. The molecule has 0 aliphatic rings. The third-order valence-electron chi connectivity index (χ3n) is 1.80. The first kappa shape index (κ1) is 11.5. The van der Waals surface area contributed by atoms with Gasteiger partial charge in [0, 0.05) is 8.35 Å². The Morgan fingerprint density at radius 1 is 1.30 bits per heavy atom. The van der Waals surface area contributed by atoms with Crippen molar-refractivity contribution < 1.29 is 0 Å². The molecule has 0 heterocycles. The van der Waals surface area contributed by atoms with Crippen LogP contribution in [0.15, 0.2) is 0 Å². The van der Waals surface area contributed by atoms with E-state index in [4.69, 9.17) is 0 Å². The van der Waals surface area contributed by atoms with E-state index in [9.17, 15) is 0 Å². The van der Waals surface area contributed by atoms with Crippen molar-refractivity contribution in [2.24, 2.45) is 5.92 Å². The summed E-state index contributed by atoms with van der Waals surface area (Å²) in [4.78, 5) is 0. The average Bonchev–Trinajstić information content (AvgIpc) is 1.91. The van der Waals surface area contributed by atoms with Crippen molar-refractivity contribution in [3.63, 3.8) is 0 Å². The fraction of sp³-hybridized carbons (Fsp3) is 1.00. The molecule has 0 aromatic rings. The molecule has 0 fully saturated rings. The maximum absolute atomic E-state index is 2.60. The summed E-state index contributed by atoms with van der Waals surface area (Å²) < 4.78 is 2.23. The van der Waals surface area contributed by atoms with Crippen molar-refractivity contribution in [2.45, 2.75) is 37.0 Å². The van der Waals surface area contributed by atoms with Crippen molar-refractivity contribution in [3.8, 4) is 0 Å². The zero-order chi connectivity index (χ0) is 7.98. The summed E-state index contributed by atoms with van der Waals surface area (Å²) in [5.41, 5.74) is 0. The van der Waals surface area contributed by atoms with Crippen molar-refractivity contribution >= 4 is 45.2 Å². The van der Waals surface area contributed by atoms with Crippen LogP contribution >= 0.6 is 45.2 Å². The fourth-order valence-electron chi connectivity index (χ4n) is 0.973. The van der Waals surface area contributed by atoms with E-state index in [1.807, 2.05) is 0 Å². The first-order valence-corrected chi connectivity index (χ1v) is 6.73. The van der Waals surface area contributed by atoms with Crippen LogP contribution < -0.4 is 0 Å². The Balaban J connectivity index is 3.53. The van der Waals surface area contributed by atoms with Crippen LogP contribution in [-0.2, 0) is 0 Å². The van der Waals surface area contributed by atoms with Crippen LogP contribution in [-0.4, -0.2) is 8.35 Å². The van der Waals surface area contributed by atoms with Crippen LogP contribution in [0.4, 0.5) is 0 Å².